The molecule has 0 spiro atoms. The Bertz CT molecular complexity index is 396. The molecule has 0 radical (unpaired) electrons. The first-order chi connectivity index (χ1) is 9.15. The summed E-state index contributed by atoms with van der Waals surface area (Å²) < 4.78 is 0. The standard InChI is InChI=1S/C13H23N5O/c1-4-10(3)17-13(19)6-7-16-12-9-14-8-11(18-12)15-5-2/h8-10H,4-7H2,1-3H3,(H,17,19)(H2,15,16,18). The molecular formula is C13H23N5O. The topological polar surface area (TPSA) is 78.9 Å². The maximum Gasteiger partial charge on any atom is 0.221 e. The van der Waals surface area contributed by atoms with Crippen LogP contribution in [0, 0.1) is 0 Å². The fraction of sp³-hybridized carbons (Fsp3) is 0.615. The van der Waals surface area contributed by atoms with Gasteiger partial charge in [0.25, 0.3) is 0 Å². The number of nitrogens with zero attached hydrogens (tertiary/aromatic N) is 2. The van der Waals surface area contributed by atoms with Gasteiger partial charge in [0.2, 0.25) is 5.91 Å². The van der Waals surface area contributed by atoms with Gasteiger partial charge in [-0.05, 0) is 20.3 Å². The van der Waals surface area contributed by atoms with Crippen LogP contribution in [-0.2, 0) is 4.79 Å². The molecule has 0 aliphatic carbocycles. The fourth-order valence-corrected chi connectivity index (χ4v) is 1.47. The molecule has 0 saturated carbocycles. The molecule has 1 amide bonds. The van der Waals surface area contributed by atoms with E-state index in [9.17, 15) is 4.79 Å². The van der Waals surface area contributed by atoms with Gasteiger partial charge in [0.15, 0.2) is 0 Å². The van der Waals surface area contributed by atoms with Crippen LogP contribution >= 0.6 is 0 Å². The van der Waals surface area contributed by atoms with Gasteiger partial charge in [-0.25, -0.2) is 4.98 Å². The molecule has 0 bridgehead atoms. The van der Waals surface area contributed by atoms with Crippen LogP contribution in [0.5, 0.6) is 0 Å². The van der Waals surface area contributed by atoms with Crippen LogP contribution in [0.2, 0.25) is 0 Å². The lowest BCUT2D eigenvalue weighted by atomic mass is 10.2. The van der Waals surface area contributed by atoms with Gasteiger partial charge < -0.3 is 16.0 Å². The SMILES string of the molecule is CCNc1cncc(NCCC(=O)NC(C)CC)n1. The third-order valence-corrected chi connectivity index (χ3v) is 2.67. The number of amides is 1. The fourth-order valence-electron chi connectivity index (χ4n) is 1.47. The summed E-state index contributed by atoms with van der Waals surface area (Å²) in [7, 11) is 0. The van der Waals surface area contributed by atoms with E-state index >= 15 is 0 Å². The first-order valence-electron chi connectivity index (χ1n) is 6.74. The molecule has 1 unspecified atom stereocenters. The van der Waals surface area contributed by atoms with E-state index in [1.807, 2.05) is 20.8 Å². The van der Waals surface area contributed by atoms with Gasteiger partial charge in [0, 0.05) is 25.6 Å². The molecule has 19 heavy (non-hydrogen) atoms. The van der Waals surface area contributed by atoms with Gasteiger partial charge >= 0.3 is 0 Å². The summed E-state index contributed by atoms with van der Waals surface area (Å²) >= 11 is 0. The predicted octanol–water partition coefficient (Wildman–Crippen LogP) is 1.63. The second-order valence-corrected chi connectivity index (χ2v) is 4.37. The molecule has 6 heteroatoms. The molecular weight excluding hydrogens is 242 g/mol. The number of carbonyl (C=O) groups is 1. The van der Waals surface area contributed by atoms with Gasteiger partial charge in [-0.15, -0.1) is 0 Å². The Labute approximate surface area is 114 Å². The molecule has 0 fully saturated rings. The van der Waals surface area contributed by atoms with Crippen LogP contribution < -0.4 is 16.0 Å². The summed E-state index contributed by atoms with van der Waals surface area (Å²) in [6, 6.07) is 0.226. The van der Waals surface area contributed by atoms with Crippen molar-refractivity contribution in [1.29, 1.82) is 0 Å². The van der Waals surface area contributed by atoms with E-state index in [1.54, 1.807) is 12.4 Å². The van der Waals surface area contributed by atoms with Crippen molar-refractivity contribution in [1.82, 2.24) is 15.3 Å². The van der Waals surface area contributed by atoms with E-state index in [0.717, 1.165) is 18.8 Å². The molecule has 1 aromatic rings. The van der Waals surface area contributed by atoms with Crippen molar-refractivity contribution >= 4 is 17.5 Å². The zero-order chi connectivity index (χ0) is 14.1. The van der Waals surface area contributed by atoms with Crippen molar-refractivity contribution in [2.45, 2.75) is 39.7 Å². The van der Waals surface area contributed by atoms with Crippen LogP contribution in [0.25, 0.3) is 0 Å². The third-order valence-electron chi connectivity index (χ3n) is 2.67. The first-order valence-corrected chi connectivity index (χ1v) is 6.74. The lowest BCUT2D eigenvalue weighted by Crippen LogP contribution is -2.33. The van der Waals surface area contributed by atoms with Crippen molar-refractivity contribution in [3.8, 4) is 0 Å². The summed E-state index contributed by atoms with van der Waals surface area (Å²) in [6.45, 7) is 7.39. The van der Waals surface area contributed by atoms with Crippen LogP contribution in [0.15, 0.2) is 12.4 Å². The maximum atomic E-state index is 11.6. The Balaban J connectivity index is 2.32. The first kappa shape index (κ1) is 15.2. The molecule has 0 aliphatic heterocycles. The smallest absolute Gasteiger partial charge is 0.221 e. The van der Waals surface area contributed by atoms with Crippen molar-refractivity contribution in [2.75, 3.05) is 23.7 Å². The number of aromatic nitrogens is 2. The minimum atomic E-state index is 0.0534. The van der Waals surface area contributed by atoms with Crippen LogP contribution in [0.4, 0.5) is 11.6 Å². The van der Waals surface area contributed by atoms with Gasteiger partial charge in [0.1, 0.15) is 11.6 Å². The number of anilines is 2. The van der Waals surface area contributed by atoms with Crippen LogP contribution in [0.1, 0.15) is 33.6 Å². The Morgan fingerprint density at radius 1 is 1.26 bits per heavy atom. The zero-order valence-electron chi connectivity index (χ0n) is 11.9. The van der Waals surface area contributed by atoms with Crippen molar-refractivity contribution < 1.29 is 4.79 Å². The summed E-state index contributed by atoms with van der Waals surface area (Å²) in [6.07, 6.45) is 4.69. The average molecular weight is 265 g/mol. The van der Waals surface area contributed by atoms with E-state index in [1.165, 1.54) is 0 Å². The quantitative estimate of drug-likeness (QED) is 0.665. The largest absolute Gasteiger partial charge is 0.369 e. The van der Waals surface area contributed by atoms with E-state index in [-0.39, 0.29) is 11.9 Å². The third kappa shape index (κ3) is 6.03. The summed E-state index contributed by atoms with van der Waals surface area (Å²) in [5, 5.41) is 9.10. The zero-order valence-corrected chi connectivity index (χ0v) is 11.9. The Kier molecular flexibility index (Phi) is 6.63. The highest BCUT2D eigenvalue weighted by atomic mass is 16.1. The number of carbonyl (C=O) groups excluding carboxylic acids is 1. The average Bonchev–Trinajstić information content (AvgIpc) is 2.39. The number of nitrogens with one attached hydrogen (secondary N) is 3. The highest BCUT2D eigenvalue weighted by Crippen LogP contribution is 2.06. The highest BCUT2D eigenvalue weighted by Gasteiger charge is 2.05. The molecule has 0 aromatic carbocycles. The van der Waals surface area contributed by atoms with Crippen molar-refractivity contribution in [3.63, 3.8) is 0 Å². The second-order valence-electron chi connectivity index (χ2n) is 4.37. The number of hydrogen-bond donors (Lipinski definition) is 3. The Morgan fingerprint density at radius 2 is 1.95 bits per heavy atom. The Morgan fingerprint density at radius 3 is 2.58 bits per heavy atom. The number of rotatable bonds is 8. The van der Waals surface area contributed by atoms with Gasteiger partial charge in [-0.2, -0.15) is 0 Å². The molecule has 1 heterocycles. The number of hydrogen-bond acceptors (Lipinski definition) is 5. The summed E-state index contributed by atoms with van der Waals surface area (Å²) in [4.78, 5) is 20.0. The van der Waals surface area contributed by atoms with Crippen LogP contribution in [-0.4, -0.2) is 35.0 Å². The van der Waals surface area contributed by atoms with Crippen molar-refractivity contribution in [3.05, 3.63) is 12.4 Å². The minimum absolute atomic E-state index is 0.0534. The van der Waals surface area contributed by atoms with Gasteiger partial charge in [0.05, 0.1) is 12.4 Å². The lowest BCUT2D eigenvalue weighted by Gasteiger charge is -2.11. The van der Waals surface area contributed by atoms with E-state index in [2.05, 4.69) is 25.9 Å². The molecule has 1 aromatic heterocycles. The molecule has 106 valence electrons. The molecule has 0 saturated heterocycles. The molecule has 0 aliphatic rings. The van der Waals surface area contributed by atoms with Gasteiger partial charge in [-0.1, -0.05) is 6.92 Å². The molecule has 3 N–H and O–H groups in total. The second kappa shape index (κ2) is 8.29. The predicted molar refractivity (Wildman–Crippen MR) is 77.2 cm³/mol. The van der Waals surface area contributed by atoms with E-state index in [4.69, 9.17) is 0 Å². The van der Waals surface area contributed by atoms with Crippen molar-refractivity contribution in [2.24, 2.45) is 0 Å². The minimum Gasteiger partial charge on any atom is -0.369 e. The van der Waals surface area contributed by atoms with E-state index in [0.29, 0.717) is 18.8 Å². The summed E-state index contributed by atoms with van der Waals surface area (Å²) in [5.41, 5.74) is 0. The highest BCUT2D eigenvalue weighted by molar-refractivity contribution is 5.76. The molecule has 6 nitrogen and oxygen atoms in total. The lowest BCUT2D eigenvalue weighted by molar-refractivity contribution is -0.121. The molecule has 1 atom stereocenters. The summed E-state index contributed by atoms with van der Waals surface area (Å²) in [5.74, 6) is 1.46. The Hall–Kier alpha value is -1.85. The monoisotopic (exact) mass is 265 g/mol. The normalized spacial score (nSPS) is 11.7. The maximum absolute atomic E-state index is 11.6. The molecule has 1 rings (SSSR count). The van der Waals surface area contributed by atoms with Crippen LogP contribution in [0.3, 0.4) is 0 Å². The van der Waals surface area contributed by atoms with Gasteiger partial charge in [-0.3, -0.25) is 9.78 Å². The van der Waals surface area contributed by atoms with E-state index < -0.39 is 0 Å².